The van der Waals surface area contributed by atoms with Crippen LogP contribution in [-0.4, -0.2) is 37.6 Å². The zero-order valence-electron chi connectivity index (χ0n) is 11.9. The van der Waals surface area contributed by atoms with E-state index in [1.807, 2.05) is 0 Å². The average molecular weight is 301 g/mol. The van der Waals surface area contributed by atoms with Gasteiger partial charge in [-0.2, -0.15) is 0 Å². The normalized spacial score (nSPS) is 16.0. The van der Waals surface area contributed by atoms with Crippen molar-refractivity contribution in [3.8, 4) is 0 Å². The third kappa shape index (κ3) is 3.75. The van der Waals surface area contributed by atoms with Crippen molar-refractivity contribution < 1.29 is 22.7 Å². The SMILES string of the molecule is CN(CCC1CCOCC1)C(=O)c1ccc(F)c(F)c1F. The van der Waals surface area contributed by atoms with Crippen molar-refractivity contribution in [3.05, 3.63) is 35.1 Å². The number of rotatable bonds is 4. The van der Waals surface area contributed by atoms with E-state index in [9.17, 15) is 18.0 Å². The number of hydrogen-bond acceptors (Lipinski definition) is 2. The number of hydrogen-bond donors (Lipinski definition) is 0. The first-order valence-electron chi connectivity index (χ1n) is 6.97. The van der Waals surface area contributed by atoms with Gasteiger partial charge in [-0.3, -0.25) is 4.79 Å². The molecule has 1 fully saturated rings. The van der Waals surface area contributed by atoms with Crippen LogP contribution in [0.5, 0.6) is 0 Å². The standard InChI is InChI=1S/C15H18F3NO2/c1-19(7-4-10-5-8-21-9-6-10)15(20)11-2-3-12(16)14(18)13(11)17/h2-3,10H,4-9H2,1H3. The molecule has 2 rings (SSSR count). The summed E-state index contributed by atoms with van der Waals surface area (Å²) in [6.45, 7) is 1.89. The highest BCUT2D eigenvalue weighted by Crippen LogP contribution is 2.20. The van der Waals surface area contributed by atoms with Gasteiger partial charge >= 0.3 is 0 Å². The summed E-state index contributed by atoms with van der Waals surface area (Å²) in [7, 11) is 1.53. The maximum atomic E-state index is 13.6. The molecule has 1 aromatic carbocycles. The van der Waals surface area contributed by atoms with Crippen LogP contribution in [0.1, 0.15) is 29.6 Å². The number of benzene rings is 1. The molecule has 0 bridgehead atoms. The van der Waals surface area contributed by atoms with Gasteiger partial charge in [0, 0.05) is 26.8 Å². The Kier molecular flexibility index (Phi) is 5.22. The van der Waals surface area contributed by atoms with Crippen LogP contribution in [0.3, 0.4) is 0 Å². The molecule has 0 spiro atoms. The van der Waals surface area contributed by atoms with E-state index in [4.69, 9.17) is 4.74 Å². The van der Waals surface area contributed by atoms with E-state index in [0.29, 0.717) is 12.5 Å². The van der Waals surface area contributed by atoms with E-state index in [1.54, 1.807) is 0 Å². The molecular weight excluding hydrogens is 283 g/mol. The molecule has 3 nitrogen and oxygen atoms in total. The van der Waals surface area contributed by atoms with Gasteiger partial charge in [0.05, 0.1) is 5.56 Å². The minimum absolute atomic E-state index is 0.441. The highest BCUT2D eigenvalue weighted by atomic mass is 19.2. The number of amides is 1. The Morgan fingerprint density at radius 1 is 1.24 bits per heavy atom. The molecular formula is C15H18F3NO2. The topological polar surface area (TPSA) is 29.5 Å². The molecule has 21 heavy (non-hydrogen) atoms. The van der Waals surface area contributed by atoms with Gasteiger partial charge in [-0.15, -0.1) is 0 Å². The van der Waals surface area contributed by atoms with Crippen LogP contribution in [-0.2, 0) is 4.74 Å². The van der Waals surface area contributed by atoms with Crippen LogP contribution >= 0.6 is 0 Å². The van der Waals surface area contributed by atoms with E-state index >= 15 is 0 Å². The Morgan fingerprint density at radius 3 is 2.57 bits per heavy atom. The second-order valence-electron chi connectivity index (χ2n) is 5.29. The molecule has 1 aromatic rings. The fourth-order valence-corrected chi connectivity index (χ4v) is 2.41. The van der Waals surface area contributed by atoms with Crippen molar-refractivity contribution >= 4 is 5.91 Å². The van der Waals surface area contributed by atoms with Gasteiger partial charge in [0.25, 0.3) is 5.91 Å². The molecule has 1 amide bonds. The van der Waals surface area contributed by atoms with Crippen LogP contribution in [0.4, 0.5) is 13.2 Å². The zero-order chi connectivity index (χ0) is 15.4. The summed E-state index contributed by atoms with van der Waals surface area (Å²) in [6, 6.07) is 1.74. The van der Waals surface area contributed by atoms with E-state index in [1.165, 1.54) is 11.9 Å². The molecule has 116 valence electrons. The summed E-state index contributed by atoms with van der Waals surface area (Å²) in [5, 5.41) is 0. The molecule has 1 heterocycles. The van der Waals surface area contributed by atoms with E-state index in [2.05, 4.69) is 0 Å². The van der Waals surface area contributed by atoms with Crippen molar-refractivity contribution in [2.75, 3.05) is 26.8 Å². The van der Waals surface area contributed by atoms with Crippen molar-refractivity contribution in [1.29, 1.82) is 0 Å². The molecule has 1 aliphatic heterocycles. The summed E-state index contributed by atoms with van der Waals surface area (Å²) in [5.74, 6) is -4.51. The smallest absolute Gasteiger partial charge is 0.256 e. The number of carbonyl (C=O) groups is 1. The first-order chi connectivity index (χ1) is 10.0. The lowest BCUT2D eigenvalue weighted by Crippen LogP contribution is -2.31. The molecule has 0 saturated carbocycles. The molecule has 1 saturated heterocycles. The minimum Gasteiger partial charge on any atom is -0.381 e. The molecule has 0 radical (unpaired) electrons. The van der Waals surface area contributed by atoms with Crippen molar-refractivity contribution in [2.24, 2.45) is 5.92 Å². The minimum atomic E-state index is -1.61. The maximum Gasteiger partial charge on any atom is 0.256 e. The summed E-state index contributed by atoms with van der Waals surface area (Å²) >= 11 is 0. The molecule has 0 aliphatic carbocycles. The van der Waals surface area contributed by atoms with Crippen LogP contribution in [0, 0.1) is 23.4 Å². The summed E-state index contributed by atoms with van der Waals surface area (Å²) in [5.41, 5.74) is -0.441. The summed E-state index contributed by atoms with van der Waals surface area (Å²) in [4.78, 5) is 13.4. The lowest BCUT2D eigenvalue weighted by atomic mass is 9.96. The highest BCUT2D eigenvalue weighted by Gasteiger charge is 2.22. The zero-order valence-corrected chi connectivity index (χ0v) is 11.9. The van der Waals surface area contributed by atoms with Gasteiger partial charge in [-0.25, -0.2) is 13.2 Å². The van der Waals surface area contributed by atoms with E-state index < -0.39 is 28.9 Å². The first kappa shape index (κ1) is 15.8. The van der Waals surface area contributed by atoms with E-state index in [0.717, 1.165) is 44.6 Å². The Balaban J connectivity index is 1.97. The maximum absolute atomic E-state index is 13.6. The van der Waals surface area contributed by atoms with Crippen molar-refractivity contribution in [3.63, 3.8) is 0 Å². The number of carbonyl (C=O) groups excluding carboxylic acids is 1. The Morgan fingerprint density at radius 2 is 1.90 bits per heavy atom. The van der Waals surface area contributed by atoms with Crippen LogP contribution in [0.2, 0.25) is 0 Å². The molecule has 6 heteroatoms. The molecule has 0 N–H and O–H groups in total. The summed E-state index contributed by atoms with van der Waals surface area (Å²) in [6.07, 6.45) is 2.68. The molecule has 1 aliphatic rings. The highest BCUT2D eigenvalue weighted by molar-refractivity contribution is 5.94. The molecule has 0 aromatic heterocycles. The van der Waals surface area contributed by atoms with Crippen LogP contribution < -0.4 is 0 Å². The fourth-order valence-electron chi connectivity index (χ4n) is 2.41. The van der Waals surface area contributed by atoms with Gasteiger partial charge in [-0.05, 0) is 37.3 Å². The largest absolute Gasteiger partial charge is 0.381 e. The molecule has 0 atom stereocenters. The van der Waals surface area contributed by atoms with Crippen LogP contribution in [0.15, 0.2) is 12.1 Å². The Hall–Kier alpha value is -1.56. The van der Waals surface area contributed by atoms with E-state index in [-0.39, 0.29) is 0 Å². The predicted molar refractivity (Wildman–Crippen MR) is 71.4 cm³/mol. The Bertz CT molecular complexity index is 516. The van der Waals surface area contributed by atoms with Crippen molar-refractivity contribution in [1.82, 2.24) is 4.90 Å². The number of ether oxygens (including phenoxy) is 1. The van der Waals surface area contributed by atoms with Gasteiger partial charge in [0.2, 0.25) is 0 Å². The van der Waals surface area contributed by atoms with Crippen molar-refractivity contribution in [2.45, 2.75) is 19.3 Å². The quantitative estimate of drug-likeness (QED) is 0.800. The molecule has 0 unspecified atom stereocenters. The van der Waals surface area contributed by atoms with Gasteiger partial charge in [0.1, 0.15) is 0 Å². The third-order valence-electron chi connectivity index (χ3n) is 3.83. The fraction of sp³-hybridized carbons (Fsp3) is 0.533. The first-order valence-corrected chi connectivity index (χ1v) is 6.97. The van der Waals surface area contributed by atoms with Crippen LogP contribution in [0.25, 0.3) is 0 Å². The number of halogens is 3. The lowest BCUT2D eigenvalue weighted by Gasteiger charge is -2.25. The number of nitrogens with zero attached hydrogens (tertiary/aromatic N) is 1. The Labute approximate surface area is 121 Å². The average Bonchev–Trinajstić information content (AvgIpc) is 2.51. The second-order valence-corrected chi connectivity index (χ2v) is 5.29. The monoisotopic (exact) mass is 301 g/mol. The second kappa shape index (κ2) is 6.93. The predicted octanol–water partition coefficient (Wildman–Crippen LogP) is 2.99. The van der Waals surface area contributed by atoms with Gasteiger partial charge in [0.15, 0.2) is 17.5 Å². The third-order valence-corrected chi connectivity index (χ3v) is 3.83. The van der Waals surface area contributed by atoms with Gasteiger partial charge in [-0.1, -0.05) is 0 Å². The summed E-state index contributed by atoms with van der Waals surface area (Å²) < 4.78 is 44.9. The lowest BCUT2D eigenvalue weighted by molar-refractivity contribution is 0.0582. The van der Waals surface area contributed by atoms with Gasteiger partial charge < -0.3 is 9.64 Å².